The first-order valence-electron chi connectivity index (χ1n) is 4.49. The predicted octanol–water partition coefficient (Wildman–Crippen LogP) is 2.63. The van der Waals surface area contributed by atoms with Gasteiger partial charge in [-0.3, -0.25) is 4.79 Å². The standard InChI is InChI=1S/C11H14INO/c1-11(2,8-12)13-10(14)9-6-4-3-5-7-9/h3-7H,8H2,1-2H3,(H,13,14). The Morgan fingerprint density at radius 3 is 2.43 bits per heavy atom. The summed E-state index contributed by atoms with van der Waals surface area (Å²) in [7, 11) is 0. The van der Waals surface area contributed by atoms with Crippen molar-refractivity contribution < 1.29 is 4.79 Å². The summed E-state index contributed by atoms with van der Waals surface area (Å²) in [5, 5.41) is 2.98. The predicted molar refractivity (Wildman–Crippen MR) is 66.9 cm³/mol. The van der Waals surface area contributed by atoms with E-state index in [-0.39, 0.29) is 11.4 Å². The smallest absolute Gasteiger partial charge is 0.251 e. The molecule has 1 aromatic rings. The zero-order chi connectivity index (χ0) is 10.6. The van der Waals surface area contributed by atoms with Gasteiger partial charge >= 0.3 is 0 Å². The van der Waals surface area contributed by atoms with Gasteiger partial charge in [0.2, 0.25) is 0 Å². The average Bonchev–Trinajstić information content (AvgIpc) is 2.19. The van der Waals surface area contributed by atoms with Crippen molar-refractivity contribution in [3.05, 3.63) is 35.9 Å². The summed E-state index contributed by atoms with van der Waals surface area (Å²) in [5.74, 6) is -0.00716. The topological polar surface area (TPSA) is 29.1 Å². The number of alkyl halides is 1. The molecule has 0 aliphatic heterocycles. The summed E-state index contributed by atoms with van der Waals surface area (Å²) in [6.07, 6.45) is 0. The lowest BCUT2D eigenvalue weighted by molar-refractivity contribution is 0.0922. The highest BCUT2D eigenvalue weighted by atomic mass is 127. The normalized spacial score (nSPS) is 11.1. The number of rotatable bonds is 3. The molecule has 0 radical (unpaired) electrons. The molecule has 0 bridgehead atoms. The average molecular weight is 303 g/mol. The lowest BCUT2D eigenvalue weighted by Gasteiger charge is -2.23. The third-order valence-electron chi connectivity index (χ3n) is 1.82. The van der Waals surface area contributed by atoms with Crippen LogP contribution >= 0.6 is 22.6 Å². The molecule has 0 aromatic heterocycles. The summed E-state index contributed by atoms with van der Waals surface area (Å²) in [5.41, 5.74) is 0.568. The van der Waals surface area contributed by atoms with Crippen molar-refractivity contribution in [1.29, 1.82) is 0 Å². The highest BCUT2D eigenvalue weighted by Crippen LogP contribution is 2.08. The zero-order valence-electron chi connectivity index (χ0n) is 8.38. The van der Waals surface area contributed by atoms with Gasteiger partial charge in [-0.1, -0.05) is 40.8 Å². The fourth-order valence-corrected chi connectivity index (χ4v) is 1.19. The zero-order valence-corrected chi connectivity index (χ0v) is 10.5. The van der Waals surface area contributed by atoms with Crippen LogP contribution < -0.4 is 5.32 Å². The molecule has 0 spiro atoms. The van der Waals surface area contributed by atoms with E-state index in [0.717, 1.165) is 4.43 Å². The molecule has 0 saturated heterocycles. The summed E-state index contributed by atoms with van der Waals surface area (Å²) >= 11 is 2.27. The van der Waals surface area contributed by atoms with E-state index in [1.807, 2.05) is 44.2 Å². The molecular formula is C11H14INO. The van der Waals surface area contributed by atoms with Crippen LogP contribution in [0.25, 0.3) is 0 Å². The van der Waals surface area contributed by atoms with Crippen molar-refractivity contribution in [2.45, 2.75) is 19.4 Å². The van der Waals surface area contributed by atoms with E-state index in [1.54, 1.807) is 0 Å². The van der Waals surface area contributed by atoms with E-state index in [0.29, 0.717) is 5.56 Å². The van der Waals surface area contributed by atoms with Crippen LogP contribution in [0.1, 0.15) is 24.2 Å². The number of carbonyl (C=O) groups is 1. The molecule has 0 saturated carbocycles. The lowest BCUT2D eigenvalue weighted by atomic mass is 10.1. The minimum absolute atomic E-state index is 0.00716. The number of carbonyl (C=O) groups excluding carboxylic acids is 1. The number of halogens is 1. The van der Waals surface area contributed by atoms with Crippen molar-refractivity contribution in [2.24, 2.45) is 0 Å². The van der Waals surface area contributed by atoms with Crippen molar-refractivity contribution in [1.82, 2.24) is 5.32 Å². The minimum atomic E-state index is -0.145. The van der Waals surface area contributed by atoms with Gasteiger partial charge in [0.15, 0.2) is 0 Å². The van der Waals surface area contributed by atoms with Gasteiger partial charge in [0.05, 0.1) is 0 Å². The second-order valence-electron chi connectivity index (χ2n) is 3.84. The quantitative estimate of drug-likeness (QED) is 0.675. The van der Waals surface area contributed by atoms with Crippen LogP contribution in [0.4, 0.5) is 0 Å². The Morgan fingerprint density at radius 1 is 1.36 bits per heavy atom. The van der Waals surface area contributed by atoms with Gasteiger partial charge < -0.3 is 5.32 Å². The molecule has 14 heavy (non-hydrogen) atoms. The molecular weight excluding hydrogens is 289 g/mol. The van der Waals surface area contributed by atoms with Gasteiger partial charge in [-0.15, -0.1) is 0 Å². The maximum atomic E-state index is 11.7. The number of hydrogen-bond acceptors (Lipinski definition) is 1. The second kappa shape index (κ2) is 4.77. The van der Waals surface area contributed by atoms with Crippen LogP contribution in [-0.4, -0.2) is 15.9 Å². The highest BCUT2D eigenvalue weighted by molar-refractivity contribution is 14.1. The van der Waals surface area contributed by atoms with E-state index in [2.05, 4.69) is 27.9 Å². The molecule has 0 fully saturated rings. The van der Waals surface area contributed by atoms with E-state index in [4.69, 9.17) is 0 Å². The van der Waals surface area contributed by atoms with Gasteiger partial charge in [-0.05, 0) is 26.0 Å². The molecule has 0 aliphatic carbocycles. The Labute approximate surface area is 98.2 Å². The molecule has 1 amide bonds. The molecule has 1 rings (SSSR count). The van der Waals surface area contributed by atoms with Crippen LogP contribution in [0.3, 0.4) is 0 Å². The third kappa shape index (κ3) is 3.29. The summed E-state index contributed by atoms with van der Waals surface area (Å²) in [6, 6.07) is 9.27. The van der Waals surface area contributed by atoms with Crippen LogP contribution in [0, 0.1) is 0 Å². The number of amides is 1. The summed E-state index contributed by atoms with van der Waals surface area (Å²) < 4.78 is 0.892. The Morgan fingerprint density at radius 2 is 1.93 bits per heavy atom. The first-order valence-corrected chi connectivity index (χ1v) is 6.01. The van der Waals surface area contributed by atoms with E-state index >= 15 is 0 Å². The Balaban J connectivity index is 2.69. The molecule has 1 aromatic carbocycles. The van der Waals surface area contributed by atoms with Gasteiger partial charge in [0, 0.05) is 15.5 Å². The minimum Gasteiger partial charge on any atom is -0.346 e. The lowest BCUT2D eigenvalue weighted by Crippen LogP contribution is -2.44. The molecule has 76 valence electrons. The van der Waals surface area contributed by atoms with E-state index in [1.165, 1.54) is 0 Å². The van der Waals surface area contributed by atoms with Gasteiger partial charge in [-0.2, -0.15) is 0 Å². The van der Waals surface area contributed by atoms with E-state index in [9.17, 15) is 4.79 Å². The molecule has 0 aliphatic rings. The first-order chi connectivity index (χ1) is 6.55. The molecule has 0 unspecified atom stereocenters. The van der Waals surface area contributed by atoms with Crippen LogP contribution in [0.15, 0.2) is 30.3 Å². The van der Waals surface area contributed by atoms with Crippen LogP contribution in [-0.2, 0) is 0 Å². The maximum Gasteiger partial charge on any atom is 0.251 e. The first kappa shape index (κ1) is 11.5. The maximum absolute atomic E-state index is 11.7. The van der Waals surface area contributed by atoms with Crippen LogP contribution in [0.2, 0.25) is 0 Å². The Kier molecular flexibility index (Phi) is 3.92. The fourth-order valence-electron chi connectivity index (χ4n) is 1.00. The van der Waals surface area contributed by atoms with Gasteiger partial charge in [-0.25, -0.2) is 0 Å². The number of nitrogens with one attached hydrogen (secondary N) is 1. The Bertz CT molecular complexity index is 308. The Hall–Kier alpha value is -0.580. The highest BCUT2D eigenvalue weighted by Gasteiger charge is 2.18. The molecule has 0 atom stereocenters. The van der Waals surface area contributed by atoms with Crippen molar-refractivity contribution in [3.63, 3.8) is 0 Å². The van der Waals surface area contributed by atoms with Crippen molar-refractivity contribution in [3.8, 4) is 0 Å². The summed E-state index contributed by atoms with van der Waals surface area (Å²) in [4.78, 5) is 11.7. The van der Waals surface area contributed by atoms with Gasteiger partial charge in [0.25, 0.3) is 5.91 Å². The second-order valence-corrected chi connectivity index (χ2v) is 4.60. The number of hydrogen-bond donors (Lipinski definition) is 1. The largest absolute Gasteiger partial charge is 0.346 e. The molecule has 2 nitrogen and oxygen atoms in total. The fraction of sp³-hybridized carbons (Fsp3) is 0.364. The van der Waals surface area contributed by atoms with Crippen LogP contribution in [0.5, 0.6) is 0 Å². The van der Waals surface area contributed by atoms with Crippen molar-refractivity contribution in [2.75, 3.05) is 4.43 Å². The molecule has 3 heteroatoms. The van der Waals surface area contributed by atoms with Crippen molar-refractivity contribution >= 4 is 28.5 Å². The van der Waals surface area contributed by atoms with E-state index < -0.39 is 0 Å². The monoisotopic (exact) mass is 303 g/mol. The molecule has 1 N–H and O–H groups in total. The van der Waals surface area contributed by atoms with Gasteiger partial charge in [0.1, 0.15) is 0 Å². The third-order valence-corrected chi connectivity index (χ3v) is 3.73. The SMILES string of the molecule is CC(C)(CI)NC(=O)c1ccccc1. The summed E-state index contributed by atoms with van der Waals surface area (Å²) in [6.45, 7) is 4.03. The molecule has 0 heterocycles. The number of benzene rings is 1.